The van der Waals surface area contributed by atoms with E-state index in [1.807, 2.05) is 0 Å². The Hall–Kier alpha value is -2.46. The van der Waals surface area contributed by atoms with E-state index in [9.17, 15) is 22.8 Å². The second-order valence-electron chi connectivity index (χ2n) is 5.23. The molecule has 25 heavy (non-hydrogen) atoms. The van der Waals surface area contributed by atoms with Gasteiger partial charge in [-0.15, -0.1) is 0 Å². The second-order valence-corrected chi connectivity index (χ2v) is 7.00. The van der Waals surface area contributed by atoms with E-state index < -0.39 is 35.1 Å². The van der Waals surface area contributed by atoms with Gasteiger partial charge in [-0.1, -0.05) is 0 Å². The molecule has 0 aliphatic heterocycles. The summed E-state index contributed by atoms with van der Waals surface area (Å²) in [5, 5.41) is 2.50. The quantitative estimate of drug-likeness (QED) is 0.633. The Morgan fingerprint density at radius 1 is 1.08 bits per heavy atom. The lowest BCUT2D eigenvalue weighted by Gasteiger charge is -2.09. The van der Waals surface area contributed by atoms with Crippen LogP contribution in [0.4, 0.5) is 5.69 Å². The molecule has 0 aliphatic carbocycles. The maximum Gasteiger partial charge on any atom is 0.344 e. The number of carbonyl (C=O) groups is 3. The van der Waals surface area contributed by atoms with Crippen molar-refractivity contribution in [2.45, 2.75) is 31.8 Å². The highest BCUT2D eigenvalue weighted by molar-refractivity contribution is 7.89. The summed E-state index contributed by atoms with van der Waals surface area (Å²) in [5.74, 6) is -1.92. The van der Waals surface area contributed by atoms with Gasteiger partial charge in [0, 0.05) is 12.6 Å². The molecule has 0 heterocycles. The number of anilines is 1. The first-order chi connectivity index (χ1) is 11.6. The van der Waals surface area contributed by atoms with Gasteiger partial charge in [0.1, 0.15) is 6.54 Å². The standard InChI is InChI=1S/C15H20N2O7S/c1-10(2)24-15(20)9-23-14(19)8-16-25(21,22)13-6-4-12(5-7-13)17-11(3)18/h4-7,10,16H,8-9H2,1-3H3,(H,17,18). The predicted molar refractivity (Wildman–Crippen MR) is 88.1 cm³/mol. The van der Waals surface area contributed by atoms with E-state index in [1.165, 1.54) is 31.2 Å². The second kappa shape index (κ2) is 9.14. The molecule has 1 rings (SSSR count). The van der Waals surface area contributed by atoms with Crippen molar-refractivity contribution in [2.24, 2.45) is 0 Å². The predicted octanol–water partition coefficient (Wildman–Crippen LogP) is 0.418. The van der Waals surface area contributed by atoms with Crippen molar-refractivity contribution < 1.29 is 32.3 Å². The van der Waals surface area contributed by atoms with Crippen LogP contribution in [0.15, 0.2) is 29.2 Å². The Bertz CT molecular complexity index is 727. The van der Waals surface area contributed by atoms with Crippen molar-refractivity contribution in [3.63, 3.8) is 0 Å². The molecule has 10 heteroatoms. The Balaban J connectivity index is 2.53. The number of ether oxygens (including phenoxy) is 2. The molecule has 0 fully saturated rings. The largest absolute Gasteiger partial charge is 0.460 e. The molecule has 0 saturated carbocycles. The lowest BCUT2D eigenvalue weighted by Crippen LogP contribution is -2.32. The zero-order valence-electron chi connectivity index (χ0n) is 14.1. The summed E-state index contributed by atoms with van der Waals surface area (Å²) >= 11 is 0. The van der Waals surface area contributed by atoms with Gasteiger partial charge in [-0.05, 0) is 38.1 Å². The van der Waals surface area contributed by atoms with Crippen LogP contribution in [0.2, 0.25) is 0 Å². The van der Waals surface area contributed by atoms with Crippen LogP contribution in [0.25, 0.3) is 0 Å². The molecule has 138 valence electrons. The van der Waals surface area contributed by atoms with Gasteiger partial charge in [-0.3, -0.25) is 9.59 Å². The monoisotopic (exact) mass is 372 g/mol. The molecule has 1 aromatic rings. The average molecular weight is 372 g/mol. The third-order valence-electron chi connectivity index (χ3n) is 2.61. The Morgan fingerprint density at radius 2 is 1.68 bits per heavy atom. The number of benzene rings is 1. The van der Waals surface area contributed by atoms with Crippen LogP contribution in [0.5, 0.6) is 0 Å². The molecule has 0 atom stereocenters. The Labute approximate surface area is 145 Å². The van der Waals surface area contributed by atoms with Crippen LogP contribution in [-0.4, -0.2) is 45.5 Å². The van der Waals surface area contributed by atoms with E-state index in [2.05, 4.69) is 14.8 Å². The first-order valence-corrected chi connectivity index (χ1v) is 8.81. The van der Waals surface area contributed by atoms with Crippen molar-refractivity contribution in [1.29, 1.82) is 0 Å². The zero-order chi connectivity index (χ0) is 19.0. The van der Waals surface area contributed by atoms with Gasteiger partial charge in [-0.25, -0.2) is 13.2 Å². The van der Waals surface area contributed by atoms with E-state index in [1.54, 1.807) is 13.8 Å². The number of amides is 1. The van der Waals surface area contributed by atoms with Crippen LogP contribution in [-0.2, 0) is 33.9 Å². The summed E-state index contributed by atoms with van der Waals surface area (Å²) in [7, 11) is -3.94. The molecule has 1 aromatic carbocycles. The summed E-state index contributed by atoms with van der Waals surface area (Å²) in [6, 6.07) is 5.38. The van der Waals surface area contributed by atoms with Crippen LogP contribution < -0.4 is 10.0 Å². The molecule has 9 nitrogen and oxygen atoms in total. The van der Waals surface area contributed by atoms with E-state index in [0.29, 0.717) is 5.69 Å². The molecule has 0 saturated heterocycles. The first kappa shape index (κ1) is 20.6. The van der Waals surface area contributed by atoms with Crippen molar-refractivity contribution in [3.05, 3.63) is 24.3 Å². The van der Waals surface area contributed by atoms with E-state index in [0.717, 1.165) is 0 Å². The number of carbonyl (C=O) groups excluding carboxylic acids is 3. The Kier molecular flexibility index (Phi) is 7.52. The lowest BCUT2D eigenvalue weighted by atomic mass is 10.3. The highest BCUT2D eigenvalue weighted by atomic mass is 32.2. The molecule has 0 radical (unpaired) electrons. The van der Waals surface area contributed by atoms with Crippen molar-refractivity contribution in [2.75, 3.05) is 18.5 Å². The fourth-order valence-electron chi connectivity index (χ4n) is 1.65. The number of hydrogen-bond acceptors (Lipinski definition) is 7. The maximum absolute atomic E-state index is 12.1. The normalized spacial score (nSPS) is 11.0. The molecule has 1 amide bonds. The Morgan fingerprint density at radius 3 is 2.20 bits per heavy atom. The third-order valence-corrected chi connectivity index (χ3v) is 4.03. The number of sulfonamides is 1. The highest BCUT2D eigenvalue weighted by Crippen LogP contribution is 2.13. The molecule has 0 spiro atoms. The molecule has 0 aliphatic rings. The summed E-state index contributed by atoms with van der Waals surface area (Å²) in [4.78, 5) is 33.5. The van der Waals surface area contributed by atoms with Crippen LogP contribution in [0, 0.1) is 0 Å². The number of hydrogen-bond donors (Lipinski definition) is 2. The van der Waals surface area contributed by atoms with Crippen LogP contribution >= 0.6 is 0 Å². The van der Waals surface area contributed by atoms with E-state index in [-0.39, 0.29) is 16.9 Å². The summed E-state index contributed by atoms with van der Waals surface area (Å²) in [6.07, 6.45) is -0.342. The molecule has 0 aromatic heterocycles. The van der Waals surface area contributed by atoms with Crippen LogP contribution in [0.1, 0.15) is 20.8 Å². The maximum atomic E-state index is 12.1. The minimum atomic E-state index is -3.94. The summed E-state index contributed by atoms with van der Waals surface area (Å²) < 4.78 is 35.5. The third kappa shape index (κ3) is 7.77. The molecule has 0 unspecified atom stereocenters. The topological polar surface area (TPSA) is 128 Å². The molecular formula is C15H20N2O7S. The summed E-state index contributed by atoms with van der Waals surface area (Å²) in [5.41, 5.74) is 0.439. The first-order valence-electron chi connectivity index (χ1n) is 7.32. The molecule has 0 bridgehead atoms. The van der Waals surface area contributed by atoms with Gasteiger partial charge in [0.2, 0.25) is 15.9 Å². The van der Waals surface area contributed by atoms with Crippen molar-refractivity contribution >= 4 is 33.6 Å². The lowest BCUT2D eigenvalue weighted by molar-refractivity contribution is -0.160. The van der Waals surface area contributed by atoms with Gasteiger partial charge in [0.25, 0.3) is 0 Å². The number of nitrogens with one attached hydrogen (secondary N) is 2. The van der Waals surface area contributed by atoms with Gasteiger partial charge in [0.05, 0.1) is 11.0 Å². The van der Waals surface area contributed by atoms with Crippen molar-refractivity contribution in [1.82, 2.24) is 4.72 Å². The highest BCUT2D eigenvalue weighted by Gasteiger charge is 2.17. The van der Waals surface area contributed by atoms with Gasteiger partial charge in [-0.2, -0.15) is 4.72 Å². The van der Waals surface area contributed by atoms with Crippen molar-refractivity contribution in [3.8, 4) is 0 Å². The average Bonchev–Trinajstić information content (AvgIpc) is 2.50. The molecule has 2 N–H and O–H groups in total. The minimum Gasteiger partial charge on any atom is -0.460 e. The fourth-order valence-corrected chi connectivity index (χ4v) is 2.61. The minimum absolute atomic E-state index is 0.0892. The van der Waals surface area contributed by atoms with E-state index in [4.69, 9.17) is 4.74 Å². The van der Waals surface area contributed by atoms with Gasteiger partial charge in [0.15, 0.2) is 6.61 Å². The zero-order valence-corrected chi connectivity index (χ0v) is 14.9. The van der Waals surface area contributed by atoms with Crippen LogP contribution in [0.3, 0.4) is 0 Å². The number of esters is 2. The van der Waals surface area contributed by atoms with Gasteiger partial charge >= 0.3 is 11.9 Å². The molecular weight excluding hydrogens is 352 g/mol. The smallest absolute Gasteiger partial charge is 0.344 e. The summed E-state index contributed by atoms with van der Waals surface area (Å²) in [6.45, 7) is 3.39. The van der Waals surface area contributed by atoms with E-state index >= 15 is 0 Å². The fraction of sp³-hybridized carbons (Fsp3) is 0.400. The number of rotatable bonds is 8. The van der Waals surface area contributed by atoms with Gasteiger partial charge < -0.3 is 14.8 Å². The SMILES string of the molecule is CC(=O)Nc1ccc(S(=O)(=O)NCC(=O)OCC(=O)OC(C)C)cc1.